The first-order valence-corrected chi connectivity index (χ1v) is 3.75. The molecule has 0 aromatic heterocycles. The van der Waals surface area contributed by atoms with E-state index in [2.05, 4.69) is 13.2 Å². The fraction of sp³-hybridized carbons (Fsp3) is 0.200. The van der Waals surface area contributed by atoms with Crippen molar-refractivity contribution in [2.45, 2.75) is 13.8 Å². The molecule has 0 heterocycles. The lowest BCUT2D eigenvalue weighted by atomic mass is 10.5. The number of hydrogen-bond acceptors (Lipinski definition) is 2. The molecule has 0 bridgehead atoms. The van der Waals surface area contributed by atoms with Crippen LogP contribution in [0.15, 0.2) is 37.5 Å². The Bertz CT molecular complexity index is 182. The second-order valence-corrected chi connectivity index (χ2v) is 1.68. The smallest absolute Gasteiger partial charge is 0.327 e. The molecule has 0 radical (unpaired) electrons. The van der Waals surface area contributed by atoms with Gasteiger partial charge >= 0.3 is 11.9 Å². The third-order valence-electron chi connectivity index (χ3n) is 0.618. The average molecular weight is 200 g/mol. The van der Waals surface area contributed by atoms with E-state index in [1.165, 1.54) is 12.2 Å². The first-order chi connectivity index (χ1) is 6.54. The van der Waals surface area contributed by atoms with Crippen LogP contribution in [0, 0.1) is 0 Å². The van der Waals surface area contributed by atoms with Crippen LogP contribution in [0.3, 0.4) is 0 Å². The van der Waals surface area contributed by atoms with Crippen molar-refractivity contribution < 1.29 is 19.8 Å². The molecular weight excluding hydrogens is 184 g/mol. The number of aliphatic carboxylic acids is 2. The van der Waals surface area contributed by atoms with Crippen LogP contribution in [0.25, 0.3) is 0 Å². The molecule has 4 nitrogen and oxygen atoms in total. The van der Waals surface area contributed by atoms with E-state index < -0.39 is 11.9 Å². The molecule has 0 fully saturated rings. The van der Waals surface area contributed by atoms with Gasteiger partial charge in [-0.25, -0.2) is 9.59 Å². The average Bonchev–Trinajstić information content (AvgIpc) is 2.08. The van der Waals surface area contributed by atoms with E-state index in [1.54, 1.807) is 13.8 Å². The van der Waals surface area contributed by atoms with Crippen LogP contribution in [0.1, 0.15) is 13.8 Å². The first kappa shape index (κ1) is 18.0. The van der Waals surface area contributed by atoms with Crippen molar-refractivity contribution in [2.24, 2.45) is 0 Å². The number of allylic oxidation sites excluding steroid dienone is 2. The van der Waals surface area contributed by atoms with Gasteiger partial charge in [0.1, 0.15) is 0 Å². The number of carbonyl (C=O) groups is 2. The summed E-state index contributed by atoms with van der Waals surface area (Å²) >= 11 is 0. The van der Waals surface area contributed by atoms with Gasteiger partial charge in [-0.3, -0.25) is 0 Å². The Labute approximate surface area is 83.9 Å². The SMILES string of the molecule is C=C.CC=CC(=O)O.CC=CC(=O)O. The van der Waals surface area contributed by atoms with Gasteiger partial charge in [-0.05, 0) is 13.8 Å². The molecule has 2 N–H and O–H groups in total. The quantitative estimate of drug-likeness (QED) is 0.528. The summed E-state index contributed by atoms with van der Waals surface area (Å²) in [5.74, 6) is -1.78. The van der Waals surface area contributed by atoms with Gasteiger partial charge in [0.05, 0.1) is 0 Å². The summed E-state index contributed by atoms with van der Waals surface area (Å²) in [7, 11) is 0. The van der Waals surface area contributed by atoms with Gasteiger partial charge in [-0.2, -0.15) is 0 Å². The van der Waals surface area contributed by atoms with Gasteiger partial charge in [0, 0.05) is 12.2 Å². The Hall–Kier alpha value is -1.84. The van der Waals surface area contributed by atoms with Crippen LogP contribution in [0.5, 0.6) is 0 Å². The zero-order valence-electron chi connectivity index (χ0n) is 8.43. The van der Waals surface area contributed by atoms with Crippen molar-refractivity contribution in [3.8, 4) is 0 Å². The minimum atomic E-state index is -0.891. The lowest BCUT2D eigenvalue weighted by molar-refractivity contribution is -0.132. The fourth-order valence-corrected chi connectivity index (χ4v) is 0.285. The molecule has 14 heavy (non-hydrogen) atoms. The van der Waals surface area contributed by atoms with Crippen molar-refractivity contribution in [1.29, 1.82) is 0 Å². The standard InChI is InChI=1S/2C4H6O2.C2H4/c2*1-2-3-4(5)6;1-2/h2*2-3H,1H3,(H,5,6);1-2H2. The molecule has 0 aromatic rings. The van der Waals surface area contributed by atoms with E-state index in [0.29, 0.717) is 0 Å². The molecule has 0 aliphatic rings. The maximum atomic E-state index is 9.51. The lowest BCUT2D eigenvalue weighted by Gasteiger charge is -1.68. The zero-order chi connectivity index (χ0) is 12.0. The van der Waals surface area contributed by atoms with Crippen LogP contribution in [-0.4, -0.2) is 22.2 Å². The van der Waals surface area contributed by atoms with E-state index in [9.17, 15) is 9.59 Å². The number of hydrogen-bond donors (Lipinski definition) is 2. The molecule has 0 amide bonds. The highest BCUT2D eigenvalue weighted by Crippen LogP contribution is 1.65. The van der Waals surface area contributed by atoms with E-state index in [-0.39, 0.29) is 0 Å². The minimum absolute atomic E-state index is 0.891. The normalized spacial score (nSPS) is 8.43. The summed E-state index contributed by atoms with van der Waals surface area (Å²) in [6.07, 6.45) is 5.12. The summed E-state index contributed by atoms with van der Waals surface area (Å²) in [6, 6.07) is 0. The van der Waals surface area contributed by atoms with E-state index in [0.717, 1.165) is 12.2 Å². The Balaban J connectivity index is -0.000000147. The zero-order valence-corrected chi connectivity index (χ0v) is 8.43. The van der Waals surface area contributed by atoms with Gasteiger partial charge < -0.3 is 10.2 Å². The Morgan fingerprint density at radius 3 is 1.14 bits per heavy atom. The highest BCUT2D eigenvalue weighted by molar-refractivity contribution is 5.79. The highest BCUT2D eigenvalue weighted by atomic mass is 16.4. The second-order valence-electron chi connectivity index (χ2n) is 1.68. The van der Waals surface area contributed by atoms with Gasteiger partial charge in [-0.15, -0.1) is 13.2 Å². The van der Waals surface area contributed by atoms with Crippen LogP contribution in [0.2, 0.25) is 0 Å². The summed E-state index contributed by atoms with van der Waals surface area (Å²) in [5, 5.41) is 15.7. The predicted molar refractivity (Wildman–Crippen MR) is 56.2 cm³/mol. The molecule has 80 valence electrons. The first-order valence-electron chi connectivity index (χ1n) is 3.75. The highest BCUT2D eigenvalue weighted by Gasteiger charge is 1.77. The van der Waals surface area contributed by atoms with Gasteiger partial charge in [0.15, 0.2) is 0 Å². The van der Waals surface area contributed by atoms with Crippen molar-refractivity contribution in [3.05, 3.63) is 37.5 Å². The Morgan fingerprint density at radius 2 is 1.14 bits per heavy atom. The predicted octanol–water partition coefficient (Wildman–Crippen LogP) is 2.10. The molecule has 0 aliphatic heterocycles. The maximum absolute atomic E-state index is 9.51. The molecule has 0 atom stereocenters. The molecule has 0 spiro atoms. The third-order valence-corrected chi connectivity index (χ3v) is 0.618. The Kier molecular flexibility index (Phi) is 22.3. The van der Waals surface area contributed by atoms with Crippen molar-refractivity contribution in [1.82, 2.24) is 0 Å². The molecule has 0 aromatic carbocycles. The van der Waals surface area contributed by atoms with Crippen molar-refractivity contribution in [2.75, 3.05) is 0 Å². The van der Waals surface area contributed by atoms with Gasteiger partial charge in [0.25, 0.3) is 0 Å². The summed E-state index contributed by atoms with van der Waals surface area (Å²) in [6.45, 7) is 9.32. The van der Waals surface area contributed by atoms with E-state index in [1.807, 2.05) is 0 Å². The third kappa shape index (κ3) is 49.3. The molecular formula is C10H16O4. The van der Waals surface area contributed by atoms with Crippen LogP contribution in [0.4, 0.5) is 0 Å². The second kappa shape index (κ2) is 17.3. The monoisotopic (exact) mass is 200 g/mol. The van der Waals surface area contributed by atoms with Gasteiger partial charge in [-0.1, -0.05) is 12.2 Å². The maximum Gasteiger partial charge on any atom is 0.327 e. The number of carboxylic acids is 2. The summed E-state index contributed by atoms with van der Waals surface area (Å²) < 4.78 is 0. The molecule has 0 unspecified atom stereocenters. The van der Waals surface area contributed by atoms with Crippen LogP contribution in [-0.2, 0) is 9.59 Å². The molecule has 0 saturated heterocycles. The summed E-state index contributed by atoms with van der Waals surface area (Å²) in [5.41, 5.74) is 0. The van der Waals surface area contributed by atoms with Crippen LogP contribution < -0.4 is 0 Å². The van der Waals surface area contributed by atoms with E-state index in [4.69, 9.17) is 10.2 Å². The molecule has 0 rings (SSSR count). The lowest BCUT2D eigenvalue weighted by Crippen LogP contribution is -1.83. The van der Waals surface area contributed by atoms with Crippen molar-refractivity contribution in [3.63, 3.8) is 0 Å². The number of carboxylic acid groups (broad SMARTS) is 2. The topological polar surface area (TPSA) is 74.6 Å². The molecule has 0 aliphatic carbocycles. The van der Waals surface area contributed by atoms with E-state index >= 15 is 0 Å². The van der Waals surface area contributed by atoms with Crippen LogP contribution >= 0.6 is 0 Å². The fourth-order valence-electron chi connectivity index (χ4n) is 0.285. The van der Waals surface area contributed by atoms with Gasteiger partial charge in [0.2, 0.25) is 0 Å². The number of rotatable bonds is 2. The Morgan fingerprint density at radius 1 is 0.929 bits per heavy atom. The van der Waals surface area contributed by atoms with Crippen molar-refractivity contribution >= 4 is 11.9 Å². The summed E-state index contributed by atoms with van der Waals surface area (Å²) in [4.78, 5) is 19.0. The largest absolute Gasteiger partial charge is 0.478 e. The minimum Gasteiger partial charge on any atom is -0.478 e. The molecule has 4 heteroatoms. The molecule has 0 saturated carbocycles.